The summed E-state index contributed by atoms with van der Waals surface area (Å²) in [6.07, 6.45) is 1.71. The van der Waals surface area contributed by atoms with Crippen LogP contribution in [-0.4, -0.2) is 30.9 Å². The molecule has 0 aromatic heterocycles. The Labute approximate surface area is 164 Å². The van der Waals surface area contributed by atoms with Crippen LogP contribution in [0.25, 0.3) is 0 Å². The number of amides is 1. The number of hydrogen-bond donors (Lipinski definition) is 1. The molecule has 0 aliphatic carbocycles. The van der Waals surface area contributed by atoms with Gasteiger partial charge in [-0.15, -0.1) is 0 Å². The van der Waals surface area contributed by atoms with Crippen molar-refractivity contribution < 1.29 is 23.9 Å². The van der Waals surface area contributed by atoms with E-state index < -0.39 is 5.97 Å². The van der Waals surface area contributed by atoms with Crippen LogP contribution in [0.1, 0.15) is 48.7 Å². The van der Waals surface area contributed by atoms with E-state index in [4.69, 9.17) is 9.47 Å². The van der Waals surface area contributed by atoms with Gasteiger partial charge in [0.15, 0.2) is 19.0 Å². The molecule has 0 bridgehead atoms. The molecule has 2 aromatic rings. The van der Waals surface area contributed by atoms with Crippen LogP contribution in [0.4, 0.5) is 0 Å². The van der Waals surface area contributed by atoms with Crippen molar-refractivity contribution in [1.29, 1.82) is 0 Å². The predicted octanol–water partition coefficient (Wildman–Crippen LogP) is 3.47. The fourth-order valence-electron chi connectivity index (χ4n) is 2.65. The maximum atomic E-state index is 12.1. The molecule has 148 valence electrons. The molecule has 0 fully saturated rings. The van der Waals surface area contributed by atoms with Gasteiger partial charge in [0, 0.05) is 5.56 Å². The number of hydrogen-bond acceptors (Lipinski definition) is 5. The molecular weight excluding hydrogens is 358 g/mol. The normalized spacial score (nSPS) is 11.4. The third-order valence-corrected chi connectivity index (χ3v) is 4.10. The van der Waals surface area contributed by atoms with E-state index in [9.17, 15) is 14.4 Å². The van der Waals surface area contributed by atoms with Crippen LogP contribution in [0.15, 0.2) is 54.6 Å². The molecule has 0 saturated heterocycles. The van der Waals surface area contributed by atoms with Gasteiger partial charge in [0.2, 0.25) is 0 Å². The quantitative estimate of drug-likeness (QED) is 0.502. The average Bonchev–Trinajstić information content (AvgIpc) is 2.71. The van der Waals surface area contributed by atoms with Gasteiger partial charge in [0.1, 0.15) is 5.75 Å². The molecule has 0 unspecified atom stereocenters. The standard InChI is InChI=1S/C22H25NO5/c1-3-7-20(18-8-5-4-6-9-18)23-21(25)14-28-22(26)15-27-19-12-10-17(11-13-19)16(2)24/h4-6,8-13,20H,3,7,14-15H2,1-2H3,(H,23,25)/t20-/m1/s1. The largest absolute Gasteiger partial charge is 0.482 e. The predicted molar refractivity (Wildman–Crippen MR) is 105 cm³/mol. The summed E-state index contributed by atoms with van der Waals surface area (Å²) in [5.74, 6) is -0.605. The van der Waals surface area contributed by atoms with E-state index in [0.29, 0.717) is 11.3 Å². The number of carbonyl (C=O) groups is 3. The Kier molecular flexibility index (Phi) is 8.21. The summed E-state index contributed by atoms with van der Waals surface area (Å²) in [6, 6.07) is 16.0. The van der Waals surface area contributed by atoms with Crippen molar-refractivity contribution in [2.24, 2.45) is 0 Å². The van der Waals surface area contributed by atoms with Gasteiger partial charge in [-0.1, -0.05) is 43.7 Å². The molecule has 0 saturated carbocycles. The van der Waals surface area contributed by atoms with Crippen LogP contribution in [0, 0.1) is 0 Å². The summed E-state index contributed by atoms with van der Waals surface area (Å²) >= 11 is 0. The molecule has 1 atom stereocenters. The first kappa shape index (κ1) is 21.2. The minimum absolute atomic E-state index is 0.0474. The van der Waals surface area contributed by atoms with Crippen LogP contribution in [0.3, 0.4) is 0 Å². The number of Topliss-reactive ketones (excluding diaryl/α,β-unsaturated/α-hetero) is 1. The van der Waals surface area contributed by atoms with E-state index in [1.54, 1.807) is 24.3 Å². The zero-order valence-corrected chi connectivity index (χ0v) is 16.1. The van der Waals surface area contributed by atoms with Gasteiger partial charge >= 0.3 is 5.97 Å². The fraction of sp³-hybridized carbons (Fsp3) is 0.318. The molecule has 2 rings (SSSR count). The van der Waals surface area contributed by atoms with Gasteiger partial charge in [-0.05, 0) is 43.2 Å². The molecule has 2 aromatic carbocycles. The minimum Gasteiger partial charge on any atom is -0.482 e. The first-order valence-corrected chi connectivity index (χ1v) is 9.23. The van der Waals surface area contributed by atoms with Gasteiger partial charge in [-0.3, -0.25) is 9.59 Å². The topological polar surface area (TPSA) is 81.7 Å². The van der Waals surface area contributed by atoms with Gasteiger partial charge in [0.25, 0.3) is 5.91 Å². The Bertz CT molecular complexity index is 786. The second-order valence-electron chi connectivity index (χ2n) is 6.35. The Morgan fingerprint density at radius 1 is 0.964 bits per heavy atom. The molecule has 0 aliphatic heterocycles. The number of rotatable bonds is 10. The summed E-state index contributed by atoms with van der Waals surface area (Å²) in [5.41, 5.74) is 1.58. The second kappa shape index (κ2) is 10.9. The SMILES string of the molecule is CCC[C@@H](NC(=O)COC(=O)COc1ccc(C(C)=O)cc1)c1ccccc1. The molecule has 6 heteroatoms. The van der Waals surface area contributed by atoms with E-state index in [0.717, 1.165) is 18.4 Å². The monoisotopic (exact) mass is 383 g/mol. The Morgan fingerprint density at radius 3 is 2.25 bits per heavy atom. The molecule has 0 radical (unpaired) electrons. The lowest BCUT2D eigenvalue weighted by Gasteiger charge is -2.18. The highest BCUT2D eigenvalue weighted by Gasteiger charge is 2.15. The van der Waals surface area contributed by atoms with Crippen molar-refractivity contribution in [3.8, 4) is 5.75 Å². The summed E-state index contributed by atoms with van der Waals surface area (Å²) in [4.78, 5) is 35.1. The molecule has 0 spiro atoms. The molecule has 0 aliphatic rings. The van der Waals surface area contributed by atoms with Crippen molar-refractivity contribution in [2.45, 2.75) is 32.7 Å². The number of ether oxygens (including phenoxy) is 2. The van der Waals surface area contributed by atoms with Crippen LogP contribution >= 0.6 is 0 Å². The van der Waals surface area contributed by atoms with Crippen molar-refractivity contribution in [3.05, 3.63) is 65.7 Å². The number of carbonyl (C=O) groups excluding carboxylic acids is 3. The molecule has 28 heavy (non-hydrogen) atoms. The lowest BCUT2D eigenvalue weighted by molar-refractivity contribution is -0.150. The summed E-state index contributed by atoms with van der Waals surface area (Å²) < 4.78 is 10.3. The molecule has 1 amide bonds. The van der Waals surface area contributed by atoms with E-state index >= 15 is 0 Å². The Morgan fingerprint density at radius 2 is 1.64 bits per heavy atom. The third kappa shape index (κ3) is 6.87. The van der Waals surface area contributed by atoms with Crippen LogP contribution in [0.5, 0.6) is 5.75 Å². The first-order chi connectivity index (χ1) is 13.5. The number of nitrogens with one attached hydrogen (secondary N) is 1. The van der Waals surface area contributed by atoms with Crippen LogP contribution < -0.4 is 10.1 Å². The van der Waals surface area contributed by atoms with Gasteiger partial charge in [-0.2, -0.15) is 0 Å². The van der Waals surface area contributed by atoms with Gasteiger partial charge in [-0.25, -0.2) is 4.79 Å². The van der Waals surface area contributed by atoms with Crippen molar-refractivity contribution in [1.82, 2.24) is 5.32 Å². The molecular formula is C22H25NO5. The molecule has 1 N–H and O–H groups in total. The summed E-state index contributed by atoms with van der Waals surface area (Å²) in [5, 5.41) is 2.89. The fourth-order valence-corrected chi connectivity index (χ4v) is 2.65. The molecule has 0 heterocycles. The van der Waals surface area contributed by atoms with Crippen molar-refractivity contribution in [2.75, 3.05) is 13.2 Å². The highest BCUT2D eigenvalue weighted by molar-refractivity contribution is 5.94. The average molecular weight is 383 g/mol. The number of ketones is 1. The summed E-state index contributed by atoms with van der Waals surface area (Å²) in [6.45, 7) is 2.84. The lowest BCUT2D eigenvalue weighted by atomic mass is 10.0. The highest BCUT2D eigenvalue weighted by atomic mass is 16.6. The van der Waals surface area contributed by atoms with Crippen molar-refractivity contribution in [3.63, 3.8) is 0 Å². The van der Waals surface area contributed by atoms with E-state index in [1.165, 1.54) is 6.92 Å². The number of esters is 1. The Balaban J connectivity index is 1.76. The highest BCUT2D eigenvalue weighted by Crippen LogP contribution is 2.18. The van der Waals surface area contributed by atoms with Crippen LogP contribution in [-0.2, 0) is 14.3 Å². The van der Waals surface area contributed by atoms with Crippen LogP contribution in [0.2, 0.25) is 0 Å². The maximum absolute atomic E-state index is 12.1. The third-order valence-electron chi connectivity index (χ3n) is 4.10. The lowest BCUT2D eigenvalue weighted by Crippen LogP contribution is -2.33. The minimum atomic E-state index is -0.641. The van der Waals surface area contributed by atoms with E-state index in [1.807, 2.05) is 37.3 Å². The van der Waals surface area contributed by atoms with Gasteiger partial charge in [0.05, 0.1) is 6.04 Å². The van der Waals surface area contributed by atoms with E-state index in [-0.39, 0.29) is 30.9 Å². The second-order valence-corrected chi connectivity index (χ2v) is 6.35. The zero-order valence-electron chi connectivity index (χ0n) is 16.1. The maximum Gasteiger partial charge on any atom is 0.344 e. The van der Waals surface area contributed by atoms with Crippen molar-refractivity contribution >= 4 is 17.7 Å². The van der Waals surface area contributed by atoms with E-state index in [2.05, 4.69) is 5.32 Å². The zero-order chi connectivity index (χ0) is 20.4. The van der Waals surface area contributed by atoms with Gasteiger partial charge < -0.3 is 14.8 Å². The summed E-state index contributed by atoms with van der Waals surface area (Å²) in [7, 11) is 0. The number of benzene rings is 2. The Hall–Kier alpha value is -3.15. The molecule has 6 nitrogen and oxygen atoms in total. The first-order valence-electron chi connectivity index (χ1n) is 9.23. The smallest absolute Gasteiger partial charge is 0.344 e.